The summed E-state index contributed by atoms with van der Waals surface area (Å²) >= 11 is 2.13. The van der Waals surface area contributed by atoms with Crippen LogP contribution in [-0.4, -0.2) is 24.5 Å². The molecule has 0 radical (unpaired) electrons. The van der Waals surface area contributed by atoms with Gasteiger partial charge in [0.05, 0.1) is 5.56 Å². The van der Waals surface area contributed by atoms with E-state index in [0.717, 1.165) is 3.57 Å². The van der Waals surface area contributed by atoms with Crippen LogP contribution in [0.4, 0.5) is 16.2 Å². The molecule has 7 nitrogen and oxygen atoms in total. The SMILES string of the molecule is NC(=O)Nc1ccc(C(=O)OCC(=O)Nc2cccc(I)c2)cc1. The van der Waals surface area contributed by atoms with Gasteiger partial charge in [0, 0.05) is 14.9 Å². The first-order valence-corrected chi connectivity index (χ1v) is 7.91. The van der Waals surface area contributed by atoms with Gasteiger partial charge in [0.1, 0.15) is 0 Å². The van der Waals surface area contributed by atoms with Crippen molar-refractivity contribution in [2.75, 3.05) is 17.2 Å². The summed E-state index contributed by atoms with van der Waals surface area (Å²) in [5.74, 6) is -1.07. The van der Waals surface area contributed by atoms with Gasteiger partial charge in [-0.05, 0) is 65.1 Å². The maximum absolute atomic E-state index is 11.9. The Morgan fingerprint density at radius 1 is 1.00 bits per heavy atom. The van der Waals surface area contributed by atoms with Crippen LogP contribution < -0.4 is 16.4 Å². The highest BCUT2D eigenvalue weighted by Gasteiger charge is 2.10. The van der Waals surface area contributed by atoms with Crippen LogP contribution in [-0.2, 0) is 9.53 Å². The predicted octanol–water partition coefficient (Wildman–Crippen LogP) is 2.58. The Kier molecular flexibility index (Phi) is 6.13. The first kappa shape index (κ1) is 17.7. The average Bonchev–Trinajstić information content (AvgIpc) is 2.53. The van der Waals surface area contributed by atoms with Crippen molar-refractivity contribution in [1.29, 1.82) is 0 Å². The Labute approximate surface area is 151 Å². The van der Waals surface area contributed by atoms with Gasteiger partial charge in [-0.15, -0.1) is 0 Å². The van der Waals surface area contributed by atoms with Crippen molar-refractivity contribution in [1.82, 2.24) is 0 Å². The number of anilines is 2. The van der Waals surface area contributed by atoms with E-state index in [1.165, 1.54) is 24.3 Å². The molecule has 24 heavy (non-hydrogen) atoms. The number of carbonyl (C=O) groups excluding carboxylic acids is 3. The molecule has 0 aromatic heterocycles. The van der Waals surface area contributed by atoms with Gasteiger partial charge < -0.3 is 21.1 Å². The number of primary amides is 1. The van der Waals surface area contributed by atoms with Crippen LogP contribution >= 0.6 is 22.6 Å². The van der Waals surface area contributed by atoms with Crippen molar-refractivity contribution in [3.05, 3.63) is 57.7 Å². The third-order valence-corrected chi connectivity index (χ3v) is 3.50. The zero-order valence-corrected chi connectivity index (χ0v) is 14.6. The second-order valence-corrected chi connectivity index (χ2v) is 5.95. The number of hydrogen-bond donors (Lipinski definition) is 3. The fourth-order valence-electron chi connectivity index (χ4n) is 1.81. The van der Waals surface area contributed by atoms with Crippen molar-refractivity contribution in [3.8, 4) is 0 Å². The molecule has 4 N–H and O–H groups in total. The van der Waals surface area contributed by atoms with Crippen LogP contribution in [0.2, 0.25) is 0 Å². The molecule has 0 fully saturated rings. The highest BCUT2D eigenvalue weighted by atomic mass is 127. The van der Waals surface area contributed by atoms with Crippen molar-refractivity contribution in [2.24, 2.45) is 5.73 Å². The summed E-state index contributed by atoms with van der Waals surface area (Å²) in [4.78, 5) is 34.4. The molecule has 0 spiro atoms. The number of ether oxygens (including phenoxy) is 1. The lowest BCUT2D eigenvalue weighted by Gasteiger charge is -2.07. The number of rotatable bonds is 5. The number of halogens is 1. The van der Waals surface area contributed by atoms with Gasteiger partial charge in [-0.3, -0.25) is 4.79 Å². The summed E-state index contributed by atoms with van der Waals surface area (Å²) in [6.45, 7) is -0.397. The van der Waals surface area contributed by atoms with Gasteiger partial charge in [0.2, 0.25) is 0 Å². The van der Waals surface area contributed by atoms with Crippen LogP contribution in [0.1, 0.15) is 10.4 Å². The molecular formula is C16H14IN3O4. The molecule has 124 valence electrons. The first-order chi connectivity index (χ1) is 11.4. The van der Waals surface area contributed by atoms with Gasteiger partial charge in [0.15, 0.2) is 6.61 Å². The molecule has 0 saturated heterocycles. The van der Waals surface area contributed by atoms with Gasteiger partial charge >= 0.3 is 12.0 Å². The van der Waals surface area contributed by atoms with Gasteiger partial charge in [-0.1, -0.05) is 6.07 Å². The van der Waals surface area contributed by atoms with E-state index in [1.807, 2.05) is 12.1 Å². The third-order valence-electron chi connectivity index (χ3n) is 2.83. The van der Waals surface area contributed by atoms with E-state index in [0.29, 0.717) is 11.4 Å². The molecule has 0 heterocycles. The topological polar surface area (TPSA) is 111 Å². The van der Waals surface area contributed by atoms with E-state index < -0.39 is 24.5 Å². The summed E-state index contributed by atoms with van der Waals surface area (Å²) < 4.78 is 5.93. The number of carbonyl (C=O) groups is 3. The zero-order chi connectivity index (χ0) is 17.5. The standard InChI is InChI=1S/C16H14IN3O4/c17-11-2-1-3-13(8-11)19-14(21)9-24-15(22)10-4-6-12(7-5-10)20-16(18)23/h1-8H,9H2,(H,19,21)(H3,18,20,23). The number of hydrogen-bond acceptors (Lipinski definition) is 4. The monoisotopic (exact) mass is 439 g/mol. The Bertz CT molecular complexity index is 762. The summed E-state index contributed by atoms with van der Waals surface area (Å²) in [7, 11) is 0. The van der Waals surface area contributed by atoms with Crippen LogP contribution in [0.5, 0.6) is 0 Å². The van der Waals surface area contributed by atoms with E-state index in [1.54, 1.807) is 12.1 Å². The fourth-order valence-corrected chi connectivity index (χ4v) is 2.35. The summed E-state index contributed by atoms with van der Waals surface area (Å²) in [6, 6.07) is 12.5. The van der Waals surface area contributed by atoms with Gasteiger partial charge in [0.25, 0.3) is 5.91 Å². The number of nitrogens with one attached hydrogen (secondary N) is 2. The summed E-state index contributed by atoms with van der Waals surface area (Å²) in [6.07, 6.45) is 0. The van der Waals surface area contributed by atoms with Crippen LogP contribution in [0.25, 0.3) is 0 Å². The number of urea groups is 1. The minimum absolute atomic E-state index is 0.257. The first-order valence-electron chi connectivity index (χ1n) is 6.83. The molecule has 0 aliphatic heterocycles. The molecule has 3 amide bonds. The predicted molar refractivity (Wildman–Crippen MR) is 97.7 cm³/mol. The van der Waals surface area contributed by atoms with Crippen molar-refractivity contribution < 1.29 is 19.1 Å². The van der Waals surface area contributed by atoms with E-state index in [2.05, 4.69) is 33.2 Å². The van der Waals surface area contributed by atoms with E-state index in [9.17, 15) is 14.4 Å². The smallest absolute Gasteiger partial charge is 0.338 e. The summed E-state index contributed by atoms with van der Waals surface area (Å²) in [5, 5.41) is 5.01. The minimum atomic E-state index is -0.697. The molecule has 0 aliphatic carbocycles. The largest absolute Gasteiger partial charge is 0.452 e. The van der Waals surface area contributed by atoms with Crippen LogP contribution in [0, 0.1) is 3.57 Å². The number of amides is 3. The Morgan fingerprint density at radius 2 is 1.71 bits per heavy atom. The summed E-state index contributed by atoms with van der Waals surface area (Å²) in [5.41, 5.74) is 6.33. The lowest BCUT2D eigenvalue weighted by molar-refractivity contribution is -0.119. The highest BCUT2D eigenvalue weighted by Crippen LogP contribution is 2.13. The van der Waals surface area contributed by atoms with Crippen LogP contribution in [0.15, 0.2) is 48.5 Å². The maximum atomic E-state index is 11.9. The van der Waals surface area contributed by atoms with Crippen molar-refractivity contribution >= 4 is 51.9 Å². The molecule has 2 aromatic rings. The normalized spacial score (nSPS) is 9.88. The molecule has 8 heteroatoms. The molecule has 0 unspecified atom stereocenters. The Morgan fingerprint density at radius 3 is 2.33 bits per heavy atom. The lowest BCUT2D eigenvalue weighted by atomic mass is 10.2. The molecular weight excluding hydrogens is 425 g/mol. The molecule has 0 atom stereocenters. The Balaban J connectivity index is 1.86. The quantitative estimate of drug-likeness (QED) is 0.491. The Hall–Kier alpha value is -2.62. The number of esters is 1. The van der Waals surface area contributed by atoms with Gasteiger partial charge in [-0.2, -0.15) is 0 Å². The van der Waals surface area contributed by atoms with E-state index in [-0.39, 0.29) is 5.56 Å². The molecule has 0 bridgehead atoms. The van der Waals surface area contributed by atoms with Crippen LogP contribution in [0.3, 0.4) is 0 Å². The number of nitrogens with two attached hydrogens (primary N) is 1. The van der Waals surface area contributed by atoms with Crippen molar-refractivity contribution in [3.63, 3.8) is 0 Å². The second kappa shape index (κ2) is 8.29. The number of benzene rings is 2. The molecule has 2 rings (SSSR count). The molecule has 0 aliphatic rings. The molecule has 0 saturated carbocycles. The fraction of sp³-hybridized carbons (Fsp3) is 0.0625. The third kappa shape index (κ3) is 5.54. The maximum Gasteiger partial charge on any atom is 0.338 e. The lowest BCUT2D eigenvalue weighted by Crippen LogP contribution is -2.21. The van der Waals surface area contributed by atoms with Gasteiger partial charge in [-0.25, -0.2) is 9.59 Å². The zero-order valence-electron chi connectivity index (χ0n) is 12.4. The van der Waals surface area contributed by atoms with E-state index >= 15 is 0 Å². The van der Waals surface area contributed by atoms with Crippen molar-refractivity contribution in [2.45, 2.75) is 0 Å². The highest BCUT2D eigenvalue weighted by molar-refractivity contribution is 14.1. The minimum Gasteiger partial charge on any atom is -0.452 e. The molecule has 2 aromatic carbocycles. The van der Waals surface area contributed by atoms with E-state index in [4.69, 9.17) is 10.5 Å². The average molecular weight is 439 g/mol. The second-order valence-electron chi connectivity index (χ2n) is 4.70.